The van der Waals surface area contributed by atoms with Gasteiger partial charge in [-0.2, -0.15) is 0 Å². The number of imidazole rings is 1. The molecule has 1 N–H and O–H groups in total. The Bertz CT molecular complexity index is 1280. The van der Waals surface area contributed by atoms with Crippen molar-refractivity contribution in [2.24, 2.45) is 0 Å². The van der Waals surface area contributed by atoms with Crippen LogP contribution in [0.1, 0.15) is 22.5 Å². The fourth-order valence-corrected chi connectivity index (χ4v) is 4.22. The molecule has 5 nitrogen and oxygen atoms in total. The molecule has 33 heavy (non-hydrogen) atoms. The summed E-state index contributed by atoms with van der Waals surface area (Å²) in [5.74, 6) is 1.40. The fourth-order valence-electron chi connectivity index (χ4n) is 3.71. The van der Waals surface area contributed by atoms with Crippen molar-refractivity contribution in [1.29, 1.82) is 0 Å². The monoisotopic (exact) mass is 481 g/mol. The van der Waals surface area contributed by atoms with E-state index in [0.717, 1.165) is 39.3 Å². The molecule has 0 saturated heterocycles. The lowest BCUT2D eigenvalue weighted by Crippen LogP contribution is -2.31. The molecule has 1 amide bonds. The van der Waals surface area contributed by atoms with Gasteiger partial charge in [0.2, 0.25) is 0 Å². The Morgan fingerprint density at radius 1 is 1.03 bits per heavy atom. The van der Waals surface area contributed by atoms with E-state index in [0.29, 0.717) is 29.6 Å². The molecule has 0 saturated carbocycles. The maximum Gasteiger partial charge on any atom is 0.257 e. The Hall–Kier alpha value is -3.02. The highest BCUT2D eigenvalue weighted by Crippen LogP contribution is 2.27. The topological polar surface area (TPSA) is 56.1 Å². The van der Waals surface area contributed by atoms with Crippen molar-refractivity contribution in [2.75, 3.05) is 13.2 Å². The van der Waals surface area contributed by atoms with Crippen LogP contribution in [0, 0.1) is 13.8 Å². The Morgan fingerprint density at radius 2 is 1.79 bits per heavy atom. The molecule has 170 valence electrons. The smallest absolute Gasteiger partial charge is 0.257 e. The number of halogens is 2. The van der Waals surface area contributed by atoms with E-state index in [-0.39, 0.29) is 12.5 Å². The van der Waals surface area contributed by atoms with Crippen molar-refractivity contribution in [3.63, 3.8) is 0 Å². The van der Waals surface area contributed by atoms with E-state index < -0.39 is 0 Å². The largest absolute Gasteiger partial charge is 0.483 e. The number of fused-ring (bicyclic) bond motifs is 1. The Kier molecular flexibility index (Phi) is 7.21. The van der Waals surface area contributed by atoms with Crippen LogP contribution < -0.4 is 10.1 Å². The number of hydrogen-bond donors (Lipinski definition) is 1. The minimum atomic E-state index is -0.173. The molecule has 0 aliphatic rings. The van der Waals surface area contributed by atoms with Gasteiger partial charge in [-0.3, -0.25) is 4.79 Å². The second-order valence-electron chi connectivity index (χ2n) is 7.96. The summed E-state index contributed by atoms with van der Waals surface area (Å²) in [4.78, 5) is 17.1. The van der Waals surface area contributed by atoms with Gasteiger partial charge >= 0.3 is 0 Å². The highest BCUT2D eigenvalue weighted by Gasteiger charge is 2.14. The molecule has 3 aromatic carbocycles. The standard InChI is InChI=1S/C26H25Cl2N3O2/c1-17-10-11-18(2)24(14-17)33-16-26(32)29-13-12-25-30-22-8-3-4-9-23(22)31(25)15-19-20(27)6-5-7-21(19)28/h3-11,14H,12-13,15-16H2,1-2H3,(H,29,32). The average Bonchev–Trinajstić information content (AvgIpc) is 3.14. The molecule has 0 atom stereocenters. The van der Waals surface area contributed by atoms with Crippen LogP contribution in [-0.4, -0.2) is 28.6 Å². The third-order valence-corrected chi connectivity index (χ3v) is 6.19. The summed E-state index contributed by atoms with van der Waals surface area (Å²) in [6.45, 7) is 4.86. The number of aromatic nitrogens is 2. The highest BCUT2D eigenvalue weighted by atomic mass is 35.5. The minimum absolute atomic E-state index is 0.0318. The maximum absolute atomic E-state index is 12.3. The zero-order chi connectivity index (χ0) is 23.4. The summed E-state index contributed by atoms with van der Waals surface area (Å²) in [5.41, 5.74) is 4.82. The molecule has 1 heterocycles. The molecule has 4 rings (SSSR count). The van der Waals surface area contributed by atoms with E-state index in [1.165, 1.54) is 0 Å². The number of hydrogen-bond acceptors (Lipinski definition) is 3. The number of rotatable bonds is 8. The van der Waals surface area contributed by atoms with Crippen molar-refractivity contribution in [1.82, 2.24) is 14.9 Å². The van der Waals surface area contributed by atoms with Gasteiger partial charge in [0.05, 0.1) is 17.6 Å². The van der Waals surface area contributed by atoms with Gasteiger partial charge in [0.1, 0.15) is 11.6 Å². The first-order chi connectivity index (χ1) is 15.9. The van der Waals surface area contributed by atoms with E-state index in [2.05, 4.69) is 9.88 Å². The molecule has 0 radical (unpaired) electrons. The first kappa shape index (κ1) is 23.1. The van der Waals surface area contributed by atoms with Crippen LogP contribution in [0.15, 0.2) is 60.7 Å². The SMILES string of the molecule is Cc1ccc(C)c(OCC(=O)NCCc2nc3ccccc3n2Cc2c(Cl)cccc2Cl)c1. The Balaban J connectivity index is 1.44. The van der Waals surface area contributed by atoms with Crippen molar-refractivity contribution in [2.45, 2.75) is 26.8 Å². The molecule has 0 spiro atoms. The van der Waals surface area contributed by atoms with Crippen LogP contribution in [0.5, 0.6) is 5.75 Å². The number of aryl methyl sites for hydroxylation is 2. The number of para-hydroxylation sites is 2. The summed E-state index contributed by atoms with van der Waals surface area (Å²) in [6.07, 6.45) is 0.561. The van der Waals surface area contributed by atoms with Crippen LogP contribution in [0.3, 0.4) is 0 Å². The van der Waals surface area contributed by atoms with Crippen molar-refractivity contribution >= 4 is 40.1 Å². The van der Waals surface area contributed by atoms with Crippen LogP contribution >= 0.6 is 23.2 Å². The van der Waals surface area contributed by atoms with Gasteiger partial charge in [0.15, 0.2) is 6.61 Å². The quantitative estimate of drug-likeness (QED) is 0.348. The number of ether oxygens (including phenoxy) is 1. The maximum atomic E-state index is 12.3. The summed E-state index contributed by atoms with van der Waals surface area (Å²) in [5, 5.41) is 4.15. The van der Waals surface area contributed by atoms with Gasteiger partial charge < -0.3 is 14.6 Å². The number of carbonyl (C=O) groups is 1. The van der Waals surface area contributed by atoms with Gasteiger partial charge in [-0.25, -0.2) is 4.98 Å². The predicted molar refractivity (Wildman–Crippen MR) is 133 cm³/mol. The summed E-state index contributed by atoms with van der Waals surface area (Å²) >= 11 is 12.8. The second kappa shape index (κ2) is 10.3. The fraction of sp³-hybridized carbons (Fsp3) is 0.231. The predicted octanol–water partition coefficient (Wildman–Crippen LogP) is 5.75. The molecular formula is C26H25Cl2N3O2. The van der Waals surface area contributed by atoms with E-state index in [1.54, 1.807) is 0 Å². The summed E-state index contributed by atoms with van der Waals surface area (Å²) in [6, 6.07) is 19.4. The molecule has 0 fully saturated rings. The van der Waals surface area contributed by atoms with Crippen LogP contribution in [-0.2, 0) is 17.8 Å². The van der Waals surface area contributed by atoms with E-state index in [4.69, 9.17) is 32.9 Å². The Labute approximate surface area is 203 Å². The highest BCUT2D eigenvalue weighted by molar-refractivity contribution is 6.36. The molecule has 0 bridgehead atoms. The number of nitrogens with one attached hydrogen (secondary N) is 1. The van der Waals surface area contributed by atoms with Gasteiger partial charge in [0.25, 0.3) is 5.91 Å². The van der Waals surface area contributed by atoms with E-state index in [1.807, 2.05) is 74.5 Å². The third kappa shape index (κ3) is 5.49. The first-order valence-electron chi connectivity index (χ1n) is 10.8. The molecule has 4 aromatic rings. The minimum Gasteiger partial charge on any atom is -0.483 e. The number of carbonyl (C=O) groups excluding carboxylic acids is 1. The lowest BCUT2D eigenvalue weighted by atomic mass is 10.1. The van der Waals surface area contributed by atoms with E-state index in [9.17, 15) is 4.79 Å². The summed E-state index contributed by atoms with van der Waals surface area (Å²) in [7, 11) is 0. The zero-order valence-corrected chi connectivity index (χ0v) is 20.1. The van der Waals surface area contributed by atoms with Gasteiger partial charge in [-0.1, -0.05) is 53.5 Å². The van der Waals surface area contributed by atoms with Gasteiger partial charge in [-0.05, 0) is 55.3 Å². The molecule has 0 aliphatic carbocycles. The van der Waals surface area contributed by atoms with Crippen molar-refractivity contribution in [3.05, 3.63) is 93.2 Å². The number of nitrogens with zero attached hydrogens (tertiary/aromatic N) is 2. The van der Waals surface area contributed by atoms with Gasteiger partial charge in [0, 0.05) is 28.6 Å². The second-order valence-corrected chi connectivity index (χ2v) is 8.78. The molecular weight excluding hydrogens is 457 g/mol. The van der Waals surface area contributed by atoms with Crippen LogP contribution in [0.25, 0.3) is 11.0 Å². The van der Waals surface area contributed by atoms with Crippen LogP contribution in [0.2, 0.25) is 10.0 Å². The number of benzene rings is 3. The van der Waals surface area contributed by atoms with Gasteiger partial charge in [-0.15, -0.1) is 0 Å². The van der Waals surface area contributed by atoms with Crippen molar-refractivity contribution in [3.8, 4) is 5.75 Å². The van der Waals surface area contributed by atoms with Crippen molar-refractivity contribution < 1.29 is 9.53 Å². The lowest BCUT2D eigenvalue weighted by molar-refractivity contribution is -0.123. The van der Waals surface area contributed by atoms with E-state index >= 15 is 0 Å². The molecule has 0 aliphatic heterocycles. The lowest BCUT2D eigenvalue weighted by Gasteiger charge is -2.13. The molecule has 7 heteroatoms. The average molecular weight is 482 g/mol. The summed E-state index contributed by atoms with van der Waals surface area (Å²) < 4.78 is 7.80. The molecule has 0 unspecified atom stereocenters. The van der Waals surface area contributed by atoms with Crippen LogP contribution in [0.4, 0.5) is 0 Å². The normalized spacial score (nSPS) is 11.0. The third-order valence-electron chi connectivity index (χ3n) is 5.48. The first-order valence-corrected chi connectivity index (χ1v) is 11.5. The molecule has 1 aromatic heterocycles. The Morgan fingerprint density at radius 3 is 2.58 bits per heavy atom. The zero-order valence-electron chi connectivity index (χ0n) is 18.6. The number of amides is 1.